The molecule has 2 bridgehead atoms. The molecule has 0 saturated heterocycles. The molecule has 1 heteroatoms. The predicted octanol–water partition coefficient (Wildman–Crippen LogP) is 3.63. The van der Waals surface area contributed by atoms with Crippen molar-refractivity contribution in [2.75, 3.05) is 6.61 Å². The van der Waals surface area contributed by atoms with Crippen LogP contribution in [0.2, 0.25) is 0 Å². The van der Waals surface area contributed by atoms with Crippen molar-refractivity contribution in [3.63, 3.8) is 0 Å². The summed E-state index contributed by atoms with van der Waals surface area (Å²) in [5.74, 6) is 2.26. The molecule has 0 radical (unpaired) electrons. The van der Waals surface area contributed by atoms with E-state index in [-0.39, 0.29) is 5.41 Å². The van der Waals surface area contributed by atoms with E-state index in [1.807, 2.05) is 0 Å². The van der Waals surface area contributed by atoms with Gasteiger partial charge in [-0.05, 0) is 49.4 Å². The van der Waals surface area contributed by atoms with Gasteiger partial charge in [0.2, 0.25) is 0 Å². The molecule has 0 aromatic rings. The molecule has 3 fully saturated rings. The van der Waals surface area contributed by atoms with Gasteiger partial charge in [0, 0.05) is 12.0 Å². The number of hydrogen-bond donors (Lipinski definition) is 1. The Kier molecular flexibility index (Phi) is 2.73. The number of aliphatic hydroxyl groups is 1. The topological polar surface area (TPSA) is 20.2 Å². The lowest BCUT2D eigenvalue weighted by molar-refractivity contribution is -0.180. The van der Waals surface area contributed by atoms with E-state index < -0.39 is 0 Å². The first kappa shape index (κ1) is 12.2. The van der Waals surface area contributed by atoms with Crippen molar-refractivity contribution in [2.24, 2.45) is 28.6 Å². The SMILES string of the molecule is C=C(C)CC1(CO)CC2CC(C1C)C2(C)C. The highest BCUT2D eigenvalue weighted by Gasteiger charge is 2.61. The zero-order valence-corrected chi connectivity index (χ0v) is 11.2. The van der Waals surface area contributed by atoms with Crippen molar-refractivity contribution in [2.45, 2.75) is 47.0 Å². The summed E-state index contributed by atoms with van der Waals surface area (Å²) in [6.07, 6.45) is 3.58. The summed E-state index contributed by atoms with van der Waals surface area (Å²) in [7, 11) is 0. The third-order valence-electron chi connectivity index (χ3n) is 5.74. The Hall–Kier alpha value is -0.300. The highest BCUT2D eigenvalue weighted by atomic mass is 16.3. The van der Waals surface area contributed by atoms with Crippen molar-refractivity contribution < 1.29 is 5.11 Å². The second-order valence-electron chi connectivity index (χ2n) is 7.01. The summed E-state index contributed by atoms with van der Waals surface area (Å²) < 4.78 is 0. The number of fused-ring (bicyclic) bond motifs is 2. The number of aliphatic hydroxyl groups excluding tert-OH is 1. The molecule has 1 nitrogen and oxygen atoms in total. The van der Waals surface area contributed by atoms with Gasteiger partial charge < -0.3 is 5.11 Å². The van der Waals surface area contributed by atoms with Crippen molar-refractivity contribution >= 4 is 0 Å². The van der Waals surface area contributed by atoms with Crippen molar-refractivity contribution in [1.29, 1.82) is 0 Å². The van der Waals surface area contributed by atoms with E-state index in [4.69, 9.17) is 0 Å². The molecule has 3 aliphatic rings. The van der Waals surface area contributed by atoms with Crippen LogP contribution in [0.1, 0.15) is 47.0 Å². The molecule has 1 N–H and O–H groups in total. The average molecular weight is 222 g/mol. The molecule has 3 aliphatic carbocycles. The van der Waals surface area contributed by atoms with E-state index in [0.717, 1.165) is 18.3 Å². The molecule has 3 rings (SSSR count). The summed E-state index contributed by atoms with van der Waals surface area (Å²) in [6, 6.07) is 0. The van der Waals surface area contributed by atoms with Gasteiger partial charge in [-0.25, -0.2) is 0 Å². The molecule has 3 saturated carbocycles. The molecular formula is C15H26O. The van der Waals surface area contributed by atoms with E-state index in [2.05, 4.69) is 34.3 Å². The molecule has 0 aromatic carbocycles. The first-order valence-electron chi connectivity index (χ1n) is 6.59. The van der Waals surface area contributed by atoms with Crippen LogP contribution >= 0.6 is 0 Å². The molecule has 0 spiro atoms. The van der Waals surface area contributed by atoms with E-state index in [0.29, 0.717) is 17.9 Å². The summed E-state index contributed by atoms with van der Waals surface area (Å²) in [5, 5.41) is 9.83. The van der Waals surface area contributed by atoms with Gasteiger partial charge >= 0.3 is 0 Å². The minimum atomic E-state index is 0.134. The van der Waals surface area contributed by atoms with Gasteiger partial charge in [0.05, 0.1) is 0 Å². The Balaban J connectivity index is 2.22. The highest BCUT2D eigenvalue weighted by molar-refractivity contribution is 5.12. The lowest BCUT2D eigenvalue weighted by Crippen LogP contribution is -2.60. The van der Waals surface area contributed by atoms with Crippen LogP contribution in [0.3, 0.4) is 0 Å². The Labute approximate surface area is 99.9 Å². The second kappa shape index (κ2) is 3.60. The standard InChI is InChI=1S/C15H26O/c1-10(2)7-15(9-16)8-12-6-13(11(15)3)14(12,4)5/h11-13,16H,1,6-9H2,2-5H3. The maximum absolute atomic E-state index is 9.83. The van der Waals surface area contributed by atoms with Crippen LogP contribution in [0.25, 0.3) is 0 Å². The van der Waals surface area contributed by atoms with Crippen LogP contribution in [0.4, 0.5) is 0 Å². The average Bonchev–Trinajstić information content (AvgIpc) is 2.19. The minimum absolute atomic E-state index is 0.134. The van der Waals surface area contributed by atoms with Crippen LogP contribution in [0, 0.1) is 28.6 Å². The van der Waals surface area contributed by atoms with Gasteiger partial charge in [0.15, 0.2) is 0 Å². The van der Waals surface area contributed by atoms with E-state index >= 15 is 0 Å². The summed E-state index contributed by atoms with van der Waals surface area (Å²) >= 11 is 0. The minimum Gasteiger partial charge on any atom is -0.396 e. The number of allylic oxidation sites excluding steroid dienone is 1. The van der Waals surface area contributed by atoms with E-state index in [1.165, 1.54) is 18.4 Å². The first-order chi connectivity index (χ1) is 7.33. The van der Waals surface area contributed by atoms with Crippen LogP contribution in [-0.4, -0.2) is 11.7 Å². The van der Waals surface area contributed by atoms with Crippen LogP contribution in [0.15, 0.2) is 12.2 Å². The number of hydrogen-bond acceptors (Lipinski definition) is 1. The molecule has 92 valence electrons. The fraction of sp³-hybridized carbons (Fsp3) is 0.867. The largest absolute Gasteiger partial charge is 0.396 e. The van der Waals surface area contributed by atoms with Crippen molar-refractivity contribution in [3.05, 3.63) is 12.2 Å². The maximum Gasteiger partial charge on any atom is 0.0493 e. The van der Waals surface area contributed by atoms with E-state index in [1.54, 1.807) is 0 Å². The predicted molar refractivity (Wildman–Crippen MR) is 68.1 cm³/mol. The molecule has 16 heavy (non-hydrogen) atoms. The molecule has 0 heterocycles. The van der Waals surface area contributed by atoms with Gasteiger partial charge in [0.1, 0.15) is 0 Å². The third kappa shape index (κ3) is 1.48. The van der Waals surface area contributed by atoms with Crippen LogP contribution in [-0.2, 0) is 0 Å². The van der Waals surface area contributed by atoms with Gasteiger partial charge in [-0.1, -0.05) is 26.3 Å². The molecule has 0 aromatic heterocycles. The van der Waals surface area contributed by atoms with Crippen molar-refractivity contribution in [1.82, 2.24) is 0 Å². The number of rotatable bonds is 3. The normalized spacial score (nSPS) is 44.9. The molecular weight excluding hydrogens is 196 g/mol. The van der Waals surface area contributed by atoms with Gasteiger partial charge in [-0.3, -0.25) is 0 Å². The second-order valence-corrected chi connectivity index (χ2v) is 7.01. The Morgan fingerprint density at radius 2 is 2.06 bits per heavy atom. The Morgan fingerprint density at radius 3 is 2.44 bits per heavy atom. The Bertz CT molecular complexity index is 305. The summed E-state index contributed by atoms with van der Waals surface area (Å²) in [4.78, 5) is 0. The summed E-state index contributed by atoms with van der Waals surface area (Å²) in [6.45, 7) is 13.6. The van der Waals surface area contributed by atoms with Gasteiger partial charge in [-0.2, -0.15) is 0 Å². The fourth-order valence-electron chi connectivity index (χ4n) is 4.45. The van der Waals surface area contributed by atoms with Gasteiger partial charge in [-0.15, -0.1) is 6.58 Å². The quantitative estimate of drug-likeness (QED) is 0.723. The molecule has 0 amide bonds. The van der Waals surface area contributed by atoms with Crippen LogP contribution in [0.5, 0.6) is 0 Å². The monoisotopic (exact) mass is 222 g/mol. The van der Waals surface area contributed by atoms with E-state index in [9.17, 15) is 5.11 Å². The fourth-order valence-corrected chi connectivity index (χ4v) is 4.45. The Morgan fingerprint density at radius 1 is 1.44 bits per heavy atom. The lowest BCUT2D eigenvalue weighted by atomic mass is 9.39. The van der Waals surface area contributed by atoms with Crippen molar-refractivity contribution in [3.8, 4) is 0 Å². The van der Waals surface area contributed by atoms with Crippen LogP contribution < -0.4 is 0 Å². The lowest BCUT2D eigenvalue weighted by Gasteiger charge is -2.66. The van der Waals surface area contributed by atoms with Gasteiger partial charge in [0.25, 0.3) is 0 Å². The molecule has 4 atom stereocenters. The maximum atomic E-state index is 9.83. The molecule has 0 aliphatic heterocycles. The zero-order valence-electron chi connectivity index (χ0n) is 11.2. The smallest absolute Gasteiger partial charge is 0.0493 e. The zero-order chi connectivity index (χ0) is 12.1. The third-order valence-corrected chi connectivity index (χ3v) is 5.74. The highest BCUT2D eigenvalue weighted by Crippen LogP contribution is 2.67. The first-order valence-corrected chi connectivity index (χ1v) is 6.59. The summed E-state index contributed by atoms with van der Waals surface area (Å²) in [5.41, 5.74) is 1.86. The molecule has 4 unspecified atom stereocenters.